The van der Waals surface area contributed by atoms with Crippen molar-refractivity contribution in [2.75, 3.05) is 13.2 Å². The Hall–Kier alpha value is -1.68. The SMILES string of the molecule is C[Si](C)(C)c1cccc(C2=CC3COCC(C2)N3Cc2ccccc2)c1. The van der Waals surface area contributed by atoms with Crippen molar-refractivity contribution >= 4 is 18.8 Å². The molecule has 26 heavy (non-hydrogen) atoms. The van der Waals surface area contributed by atoms with Gasteiger partial charge in [-0.3, -0.25) is 4.90 Å². The van der Waals surface area contributed by atoms with Crippen molar-refractivity contribution in [3.05, 3.63) is 71.8 Å². The summed E-state index contributed by atoms with van der Waals surface area (Å²) >= 11 is 0. The van der Waals surface area contributed by atoms with E-state index in [1.54, 1.807) is 5.19 Å². The zero-order valence-corrected chi connectivity index (χ0v) is 17.1. The largest absolute Gasteiger partial charge is 0.378 e. The van der Waals surface area contributed by atoms with Gasteiger partial charge in [-0.05, 0) is 23.1 Å². The number of fused-ring (bicyclic) bond motifs is 2. The van der Waals surface area contributed by atoms with Crippen LogP contribution in [0.15, 0.2) is 60.7 Å². The number of ether oxygens (including phenoxy) is 1. The Morgan fingerprint density at radius 3 is 2.54 bits per heavy atom. The first-order chi connectivity index (χ1) is 12.5. The van der Waals surface area contributed by atoms with Crippen LogP contribution in [0.3, 0.4) is 0 Å². The van der Waals surface area contributed by atoms with E-state index in [2.05, 4.69) is 85.2 Å². The van der Waals surface area contributed by atoms with Crippen molar-refractivity contribution in [2.24, 2.45) is 0 Å². The third-order valence-corrected chi connectivity index (χ3v) is 7.69. The molecule has 2 aromatic carbocycles. The molecule has 0 aromatic heterocycles. The molecule has 0 saturated carbocycles. The molecule has 2 bridgehead atoms. The average molecular weight is 364 g/mol. The highest BCUT2D eigenvalue weighted by molar-refractivity contribution is 6.88. The highest BCUT2D eigenvalue weighted by Gasteiger charge is 2.35. The minimum absolute atomic E-state index is 0.383. The molecule has 2 aromatic rings. The van der Waals surface area contributed by atoms with Crippen LogP contribution in [0.2, 0.25) is 19.6 Å². The molecule has 2 aliphatic heterocycles. The predicted molar refractivity (Wildman–Crippen MR) is 112 cm³/mol. The second kappa shape index (κ2) is 7.14. The Bertz CT molecular complexity index is 793. The van der Waals surface area contributed by atoms with Gasteiger partial charge in [0.05, 0.1) is 27.3 Å². The predicted octanol–water partition coefficient (Wildman–Crippen LogP) is 4.29. The van der Waals surface area contributed by atoms with Crippen LogP contribution in [0.25, 0.3) is 5.57 Å². The van der Waals surface area contributed by atoms with Crippen LogP contribution in [0, 0.1) is 0 Å². The van der Waals surface area contributed by atoms with E-state index in [0.29, 0.717) is 12.1 Å². The number of nitrogens with zero attached hydrogens (tertiary/aromatic N) is 1. The first kappa shape index (κ1) is 17.7. The van der Waals surface area contributed by atoms with Crippen LogP contribution >= 0.6 is 0 Å². The first-order valence-corrected chi connectivity index (χ1v) is 13.2. The molecule has 0 N–H and O–H groups in total. The van der Waals surface area contributed by atoms with Crippen LogP contribution in [-0.2, 0) is 11.3 Å². The highest BCUT2D eigenvalue weighted by Crippen LogP contribution is 2.33. The highest BCUT2D eigenvalue weighted by atomic mass is 28.3. The summed E-state index contributed by atoms with van der Waals surface area (Å²) in [5.41, 5.74) is 4.32. The van der Waals surface area contributed by atoms with Crippen molar-refractivity contribution in [1.29, 1.82) is 0 Å². The van der Waals surface area contributed by atoms with Crippen LogP contribution in [0.5, 0.6) is 0 Å². The minimum atomic E-state index is -1.28. The molecule has 2 unspecified atom stereocenters. The smallest absolute Gasteiger partial charge is 0.0776 e. The van der Waals surface area contributed by atoms with Gasteiger partial charge in [0.1, 0.15) is 0 Å². The molecule has 3 heteroatoms. The zero-order valence-electron chi connectivity index (χ0n) is 16.1. The van der Waals surface area contributed by atoms with E-state index in [-0.39, 0.29) is 0 Å². The van der Waals surface area contributed by atoms with E-state index in [0.717, 1.165) is 26.2 Å². The zero-order chi connectivity index (χ0) is 18.1. The summed E-state index contributed by atoms with van der Waals surface area (Å²) in [4.78, 5) is 2.63. The van der Waals surface area contributed by atoms with E-state index in [1.165, 1.54) is 16.7 Å². The Morgan fingerprint density at radius 2 is 1.81 bits per heavy atom. The third kappa shape index (κ3) is 3.71. The summed E-state index contributed by atoms with van der Waals surface area (Å²) in [7, 11) is -1.28. The fourth-order valence-corrected chi connectivity index (χ4v) is 5.29. The average Bonchev–Trinajstić information content (AvgIpc) is 2.62. The lowest BCUT2D eigenvalue weighted by Crippen LogP contribution is -2.53. The molecule has 1 fully saturated rings. The van der Waals surface area contributed by atoms with E-state index in [1.807, 2.05) is 0 Å². The Labute approximate surface area is 158 Å². The molecule has 0 spiro atoms. The lowest BCUT2D eigenvalue weighted by atomic mass is 9.89. The van der Waals surface area contributed by atoms with Gasteiger partial charge in [-0.15, -0.1) is 0 Å². The van der Waals surface area contributed by atoms with Gasteiger partial charge in [-0.2, -0.15) is 0 Å². The fraction of sp³-hybridized carbons (Fsp3) is 0.391. The molecule has 0 amide bonds. The molecule has 0 radical (unpaired) electrons. The van der Waals surface area contributed by atoms with E-state index < -0.39 is 8.07 Å². The maximum Gasteiger partial charge on any atom is 0.0776 e. The van der Waals surface area contributed by atoms with E-state index in [4.69, 9.17) is 4.74 Å². The molecule has 2 aliphatic rings. The molecule has 2 atom stereocenters. The number of morpholine rings is 1. The van der Waals surface area contributed by atoms with Gasteiger partial charge in [0.15, 0.2) is 0 Å². The van der Waals surface area contributed by atoms with Crippen molar-refractivity contribution < 1.29 is 4.74 Å². The molecular formula is C23H29NOSi. The summed E-state index contributed by atoms with van der Waals surface area (Å²) in [6, 6.07) is 21.0. The van der Waals surface area contributed by atoms with Gasteiger partial charge in [0.25, 0.3) is 0 Å². The van der Waals surface area contributed by atoms with Gasteiger partial charge < -0.3 is 4.74 Å². The summed E-state index contributed by atoms with van der Waals surface area (Å²) < 4.78 is 5.89. The number of hydrogen-bond acceptors (Lipinski definition) is 2. The number of hydrogen-bond donors (Lipinski definition) is 0. The molecule has 1 saturated heterocycles. The second-order valence-electron chi connectivity index (χ2n) is 8.64. The monoisotopic (exact) mass is 363 g/mol. The molecular weight excluding hydrogens is 334 g/mol. The summed E-state index contributed by atoms with van der Waals surface area (Å²) in [6.45, 7) is 9.93. The third-order valence-electron chi connectivity index (χ3n) is 5.65. The Kier molecular flexibility index (Phi) is 4.87. The van der Waals surface area contributed by atoms with E-state index >= 15 is 0 Å². The Morgan fingerprint density at radius 1 is 1.00 bits per heavy atom. The van der Waals surface area contributed by atoms with Gasteiger partial charge in [-0.1, -0.05) is 85.5 Å². The first-order valence-electron chi connectivity index (χ1n) is 9.70. The van der Waals surface area contributed by atoms with Crippen LogP contribution in [0.4, 0.5) is 0 Å². The Balaban J connectivity index is 1.61. The number of benzene rings is 2. The normalized spacial score (nSPS) is 23.6. The maximum absolute atomic E-state index is 5.89. The van der Waals surface area contributed by atoms with Crippen molar-refractivity contribution in [1.82, 2.24) is 4.90 Å². The van der Waals surface area contributed by atoms with Gasteiger partial charge in [0.2, 0.25) is 0 Å². The fourth-order valence-electron chi connectivity index (χ4n) is 4.10. The summed E-state index contributed by atoms with van der Waals surface area (Å²) in [5, 5.41) is 1.55. The standard InChI is InChI=1S/C23H29NOSi/c1-26(2,3)23-11-7-10-19(14-23)20-12-21-16-25-17-22(13-20)24(21)15-18-8-5-4-6-9-18/h4-12,14,21-22H,13,15-17H2,1-3H3. The lowest BCUT2D eigenvalue weighted by Gasteiger charge is -2.45. The quantitative estimate of drug-likeness (QED) is 0.752. The molecule has 2 heterocycles. The maximum atomic E-state index is 5.89. The summed E-state index contributed by atoms with van der Waals surface area (Å²) in [5.74, 6) is 0. The topological polar surface area (TPSA) is 12.5 Å². The van der Waals surface area contributed by atoms with Gasteiger partial charge in [-0.25, -0.2) is 0 Å². The van der Waals surface area contributed by atoms with Crippen molar-refractivity contribution in [3.63, 3.8) is 0 Å². The summed E-state index contributed by atoms with van der Waals surface area (Å²) in [6.07, 6.45) is 3.54. The molecule has 0 aliphatic carbocycles. The molecule has 2 nitrogen and oxygen atoms in total. The van der Waals surface area contributed by atoms with E-state index in [9.17, 15) is 0 Å². The number of rotatable bonds is 4. The van der Waals surface area contributed by atoms with Crippen LogP contribution in [-0.4, -0.2) is 38.3 Å². The van der Waals surface area contributed by atoms with Crippen molar-refractivity contribution in [2.45, 2.75) is 44.7 Å². The second-order valence-corrected chi connectivity index (χ2v) is 13.7. The van der Waals surface area contributed by atoms with Crippen LogP contribution < -0.4 is 5.19 Å². The van der Waals surface area contributed by atoms with Gasteiger partial charge >= 0.3 is 0 Å². The van der Waals surface area contributed by atoms with Crippen molar-refractivity contribution in [3.8, 4) is 0 Å². The van der Waals surface area contributed by atoms with Gasteiger partial charge in [0, 0.05) is 12.6 Å². The molecule has 136 valence electrons. The lowest BCUT2D eigenvalue weighted by molar-refractivity contribution is -0.0402. The van der Waals surface area contributed by atoms with Crippen LogP contribution in [0.1, 0.15) is 17.5 Å². The minimum Gasteiger partial charge on any atom is -0.378 e. The molecule has 4 rings (SSSR count).